The van der Waals surface area contributed by atoms with Gasteiger partial charge in [0.25, 0.3) is 5.91 Å². The Morgan fingerprint density at radius 3 is 2.54 bits per heavy atom. The molecule has 1 aromatic heterocycles. The minimum absolute atomic E-state index is 0.0370. The molecule has 0 aliphatic carbocycles. The third kappa shape index (κ3) is 4.46. The van der Waals surface area contributed by atoms with E-state index in [1.54, 1.807) is 30.5 Å². The largest absolute Gasteiger partial charge is 0.463 e. The maximum absolute atomic E-state index is 12.9. The standard InChI is InChI=1S/C21H20N2O3/c1-15(24)17-9-5-10-18(13-17)23-21(25)20(16-7-3-2-4-8-16)22-14-19-11-6-12-26-19/h2-13,20,22H,14H2,1H3,(H,23,25)/p+1/t20-/m0/s1. The Kier molecular flexibility index (Phi) is 5.61. The summed E-state index contributed by atoms with van der Waals surface area (Å²) in [7, 11) is 0. The van der Waals surface area contributed by atoms with Gasteiger partial charge in [0.15, 0.2) is 17.6 Å². The highest BCUT2D eigenvalue weighted by Gasteiger charge is 2.24. The van der Waals surface area contributed by atoms with Crippen LogP contribution in [0.25, 0.3) is 0 Å². The number of amides is 1. The van der Waals surface area contributed by atoms with E-state index in [0.717, 1.165) is 11.3 Å². The second kappa shape index (κ2) is 8.27. The van der Waals surface area contributed by atoms with E-state index >= 15 is 0 Å². The normalized spacial score (nSPS) is 11.7. The van der Waals surface area contributed by atoms with Crippen molar-refractivity contribution in [3.8, 4) is 0 Å². The van der Waals surface area contributed by atoms with Crippen LogP contribution in [0.15, 0.2) is 77.4 Å². The van der Waals surface area contributed by atoms with Crippen LogP contribution < -0.4 is 10.6 Å². The smallest absolute Gasteiger partial charge is 0.287 e. The molecule has 1 heterocycles. The lowest BCUT2D eigenvalue weighted by atomic mass is 10.1. The van der Waals surface area contributed by atoms with Gasteiger partial charge in [-0.1, -0.05) is 42.5 Å². The van der Waals surface area contributed by atoms with Crippen LogP contribution in [0.4, 0.5) is 5.69 Å². The minimum Gasteiger partial charge on any atom is -0.463 e. The molecule has 0 unspecified atom stereocenters. The van der Waals surface area contributed by atoms with Gasteiger partial charge in [0.1, 0.15) is 6.54 Å². The molecule has 5 heteroatoms. The summed E-state index contributed by atoms with van der Waals surface area (Å²) in [6.45, 7) is 2.05. The molecule has 3 N–H and O–H groups in total. The van der Waals surface area contributed by atoms with Gasteiger partial charge in [0.05, 0.1) is 6.26 Å². The number of rotatable bonds is 7. The van der Waals surface area contributed by atoms with Gasteiger partial charge >= 0.3 is 0 Å². The summed E-state index contributed by atoms with van der Waals surface area (Å²) >= 11 is 0. The molecule has 1 atom stereocenters. The van der Waals surface area contributed by atoms with Crippen molar-refractivity contribution >= 4 is 17.4 Å². The summed E-state index contributed by atoms with van der Waals surface area (Å²) in [4.78, 5) is 24.4. The topological polar surface area (TPSA) is 75.9 Å². The number of Topliss-reactive ketones (excluding diaryl/α,β-unsaturated/α-hetero) is 1. The van der Waals surface area contributed by atoms with E-state index in [4.69, 9.17) is 4.42 Å². The zero-order valence-corrected chi connectivity index (χ0v) is 14.5. The quantitative estimate of drug-likeness (QED) is 0.644. The van der Waals surface area contributed by atoms with Crippen LogP contribution in [-0.4, -0.2) is 11.7 Å². The number of nitrogens with two attached hydrogens (primary N) is 1. The first kappa shape index (κ1) is 17.6. The van der Waals surface area contributed by atoms with Crippen molar-refractivity contribution in [1.82, 2.24) is 0 Å². The molecule has 0 saturated heterocycles. The van der Waals surface area contributed by atoms with Crippen LogP contribution in [0.2, 0.25) is 0 Å². The second-order valence-corrected chi connectivity index (χ2v) is 6.03. The van der Waals surface area contributed by atoms with Crippen molar-refractivity contribution in [2.75, 3.05) is 5.32 Å². The molecular weight excluding hydrogens is 328 g/mol. The van der Waals surface area contributed by atoms with Crippen molar-refractivity contribution in [1.29, 1.82) is 0 Å². The first-order valence-electron chi connectivity index (χ1n) is 8.46. The molecule has 132 valence electrons. The van der Waals surface area contributed by atoms with Crippen molar-refractivity contribution in [2.24, 2.45) is 0 Å². The number of benzene rings is 2. The SMILES string of the molecule is CC(=O)c1cccc(NC(=O)[C@@H]([NH2+]Cc2ccco2)c2ccccc2)c1. The lowest BCUT2D eigenvalue weighted by Crippen LogP contribution is -2.85. The fourth-order valence-electron chi connectivity index (χ4n) is 2.75. The van der Waals surface area contributed by atoms with Crippen LogP contribution >= 0.6 is 0 Å². The highest BCUT2D eigenvalue weighted by molar-refractivity contribution is 5.98. The molecule has 0 radical (unpaired) electrons. The van der Waals surface area contributed by atoms with E-state index < -0.39 is 6.04 Å². The zero-order valence-electron chi connectivity index (χ0n) is 14.5. The van der Waals surface area contributed by atoms with Crippen molar-refractivity contribution < 1.29 is 19.3 Å². The number of ketones is 1. The van der Waals surface area contributed by atoms with E-state index in [1.807, 2.05) is 47.8 Å². The molecular formula is C21H21N2O3+. The summed E-state index contributed by atoms with van der Waals surface area (Å²) in [6, 6.07) is 19.8. The van der Waals surface area contributed by atoms with Gasteiger partial charge in [-0.15, -0.1) is 0 Å². The van der Waals surface area contributed by atoms with Crippen molar-refractivity contribution in [2.45, 2.75) is 19.5 Å². The lowest BCUT2D eigenvalue weighted by molar-refractivity contribution is -0.699. The number of nitrogens with one attached hydrogen (secondary N) is 1. The molecule has 0 aliphatic heterocycles. The molecule has 3 rings (SSSR count). The molecule has 0 aliphatic rings. The van der Waals surface area contributed by atoms with Crippen LogP contribution in [0.3, 0.4) is 0 Å². The summed E-state index contributed by atoms with van der Waals surface area (Å²) in [5.74, 6) is 0.617. The molecule has 0 fully saturated rings. The van der Waals surface area contributed by atoms with Crippen LogP contribution in [0.5, 0.6) is 0 Å². The molecule has 1 amide bonds. The Morgan fingerprint density at radius 1 is 1.04 bits per heavy atom. The van der Waals surface area contributed by atoms with Gasteiger partial charge in [-0.2, -0.15) is 0 Å². The van der Waals surface area contributed by atoms with Gasteiger partial charge in [-0.3, -0.25) is 9.59 Å². The fraction of sp³-hybridized carbons (Fsp3) is 0.143. The Morgan fingerprint density at radius 2 is 1.85 bits per heavy atom. The van der Waals surface area contributed by atoms with Crippen LogP contribution in [0.1, 0.15) is 34.6 Å². The molecule has 2 aromatic carbocycles. The van der Waals surface area contributed by atoms with E-state index in [9.17, 15) is 9.59 Å². The summed E-state index contributed by atoms with van der Waals surface area (Å²) in [5, 5.41) is 4.84. The number of hydrogen-bond donors (Lipinski definition) is 2. The van der Waals surface area contributed by atoms with Crippen LogP contribution in [-0.2, 0) is 11.3 Å². The Hall–Kier alpha value is -3.18. The number of quaternary nitrogens is 1. The summed E-state index contributed by atoms with van der Waals surface area (Å²) in [5.41, 5.74) is 2.08. The first-order valence-corrected chi connectivity index (χ1v) is 8.46. The predicted octanol–water partition coefficient (Wildman–Crippen LogP) is 2.93. The maximum Gasteiger partial charge on any atom is 0.287 e. The number of hydrogen-bond acceptors (Lipinski definition) is 3. The number of anilines is 1. The average molecular weight is 349 g/mol. The summed E-state index contributed by atoms with van der Waals surface area (Å²) < 4.78 is 5.36. The third-order valence-corrected chi connectivity index (χ3v) is 4.11. The highest BCUT2D eigenvalue weighted by Crippen LogP contribution is 2.15. The van der Waals surface area contributed by atoms with Gasteiger partial charge in [0.2, 0.25) is 0 Å². The average Bonchev–Trinajstić information content (AvgIpc) is 3.16. The molecule has 26 heavy (non-hydrogen) atoms. The molecule has 0 saturated carbocycles. The number of carbonyl (C=O) groups is 2. The Labute approximate surface area is 152 Å². The maximum atomic E-state index is 12.9. The number of furan rings is 1. The zero-order chi connectivity index (χ0) is 18.4. The molecule has 5 nitrogen and oxygen atoms in total. The van der Waals surface area contributed by atoms with Gasteiger partial charge in [0, 0.05) is 16.8 Å². The third-order valence-electron chi connectivity index (χ3n) is 4.11. The van der Waals surface area contributed by atoms with Crippen LogP contribution in [0, 0.1) is 0 Å². The second-order valence-electron chi connectivity index (χ2n) is 6.03. The lowest BCUT2D eigenvalue weighted by Gasteiger charge is -2.16. The highest BCUT2D eigenvalue weighted by atomic mass is 16.3. The van der Waals surface area contributed by atoms with Gasteiger partial charge in [-0.25, -0.2) is 0 Å². The first-order chi connectivity index (χ1) is 12.6. The predicted molar refractivity (Wildman–Crippen MR) is 98.6 cm³/mol. The number of carbonyl (C=O) groups excluding carboxylic acids is 2. The monoisotopic (exact) mass is 349 g/mol. The molecule has 0 bridgehead atoms. The Bertz CT molecular complexity index is 873. The van der Waals surface area contributed by atoms with E-state index in [2.05, 4.69) is 5.32 Å². The molecule has 0 spiro atoms. The van der Waals surface area contributed by atoms with Gasteiger partial charge < -0.3 is 15.1 Å². The van der Waals surface area contributed by atoms with E-state index in [0.29, 0.717) is 17.8 Å². The van der Waals surface area contributed by atoms with E-state index in [1.165, 1.54) is 6.92 Å². The minimum atomic E-state index is -0.428. The van der Waals surface area contributed by atoms with Crippen molar-refractivity contribution in [3.63, 3.8) is 0 Å². The summed E-state index contributed by atoms with van der Waals surface area (Å²) in [6.07, 6.45) is 1.62. The molecule has 3 aromatic rings. The van der Waals surface area contributed by atoms with Crippen molar-refractivity contribution in [3.05, 3.63) is 89.9 Å². The fourth-order valence-corrected chi connectivity index (χ4v) is 2.75. The Balaban J connectivity index is 1.78. The van der Waals surface area contributed by atoms with E-state index in [-0.39, 0.29) is 11.7 Å². The van der Waals surface area contributed by atoms with Gasteiger partial charge in [-0.05, 0) is 31.2 Å².